The van der Waals surface area contributed by atoms with Crippen LogP contribution in [-0.2, 0) is 6.54 Å². The number of hydrogen-bond donors (Lipinski definition) is 3. The number of nitrogens with one attached hydrogen (secondary N) is 2. The fourth-order valence-electron chi connectivity index (χ4n) is 1.26. The first-order chi connectivity index (χ1) is 8.11. The van der Waals surface area contributed by atoms with E-state index in [1.54, 1.807) is 0 Å². The minimum atomic E-state index is 0.541. The molecule has 0 fully saturated rings. The van der Waals surface area contributed by atoms with Crippen LogP contribution in [0.2, 0.25) is 5.02 Å². The van der Waals surface area contributed by atoms with Crippen LogP contribution in [0.4, 0.5) is 0 Å². The zero-order chi connectivity index (χ0) is 12.7. The van der Waals surface area contributed by atoms with Gasteiger partial charge in [-0.2, -0.15) is 0 Å². The van der Waals surface area contributed by atoms with Gasteiger partial charge in [0.1, 0.15) is 0 Å². The Hall–Kier alpha value is -1.26. The molecule has 94 valence electrons. The van der Waals surface area contributed by atoms with Crippen LogP contribution in [0.5, 0.6) is 0 Å². The van der Waals surface area contributed by atoms with Gasteiger partial charge in [-0.05, 0) is 23.6 Å². The van der Waals surface area contributed by atoms with Gasteiger partial charge >= 0.3 is 0 Å². The summed E-state index contributed by atoms with van der Waals surface area (Å²) in [6, 6.07) is 7.62. The molecule has 0 amide bonds. The van der Waals surface area contributed by atoms with Crippen LogP contribution in [-0.4, -0.2) is 12.5 Å². The standard InChI is InChI=1S/C12H19ClN4/c1-9(2)7-15-12(17-14)16-8-10-4-3-5-11(13)6-10/h3-6,9H,7-8,14H2,1-2H3,(H2,15,16,17). The normalized spacial score (nSPS) is 11.7. The first-order valence-corrected chi connectivity index (χ1v) is 5.99. The molecule has 0 saturated heterocycles. The van der Waals surface area contributed by atoms with Gasteiger partial charge in [0.05, 0.1) is 6.54 Å². The quantitative estimate of drug-likeness (QED) is 0.333. The summed E-state index contributed by atoms with van der Waals surface area (Å²) in [6.45, 7) is 5.62. The van der Waals surface area contributed by atoms with Crippen LogP contribution in [0.25, 0.3) is 0 Å². The molecule has 1 aromatic carbocycles. The largest absolute Gasteiger partial charge is 0.355 e. The van der Waals surface area contributed by atoms with Crippen molar-refractivity contribution in [2.45, 2.75) is 20.4 Å². The molecular formula is C12H19ClN4. The summed E-state index contributed by atoms with van der Waals surface area (Å²) < 4.78 is 0. The van der Waals surface area contributed by atoms with E-state index in [1.165, 1.54) is 0 Å². The van der Waals surface area contributed by atoms with Crippen molar-refractivity contribution < 1.29 is 0 Å². The van der Waals surface area contributed by atoms with Crippen LogP contribution in [0, 0.1) is 5.92 Å². The first kappa shape index (κ1) is 13.8. The number of nitrogens with zero attached hydrogens (tertiary/aromatic N) is 1. The molecule has 4 nitrogen and oxygen atoms in total. The number of nitrogens with two attached hydrogens (primary N) is 1. The molecule has 0 aliphatic rings. The third-order valence-electron chi connectivity index (χ3n) is 2.12. The number of aliphatic imine (C=N–C) groups is 1. The van der Waals surface area contributed by atoms with Crippen LogP contribution in [0.1, 0.15) is 19.4 Å². The highest BCUT2D eigenvalue weighted by molar-refractivity contribution is 6.30. The predicted molar refractivity (Wildman–Crippen MR) is 72.8 cm³/mol. The highest BCUT2D eigenvalue weighted by Crippen LogP contribution is 2.11. The van der Waals surface area contributed by atoms with E-state index >= 15 is 0 Å². The van der Waals surface area contributed by atoms with Gasteiger partial charge in [0, 0.05) is 11.6 Å². The molecular weight excluding hydrogens is 236 g/mol. The fraction of sp³-hybridized carbons (Fsp3) is 0.417. The molecule has 1 rings (SSSR count). The van der Waals surface area contributed by atoms with Gasteiger partial charge < -0.3 is 5.32 Å². The van der Waals surface area contributed by atoms with Crippen molar-refractivity contribution in [3.8, 4) is 0 Å². The number of benzene rings is 1. The lowest BCUT2D eigenvalue weighted by Gasteiger charge is -2.11. The van der Waals surface area contributed by atoms with Crippen LogP contribution in [0.15, 0.2) is 29.3 Å². The molecule has 0 aliphatic heterocycles. The molecule has 1 aromatic rings. The maximum Gasteiger partial charge on any atom is 0.206 e. The van der Waals surface area contributed by atoms with E-state index in [1.807, 2.05) is 24.3 Å². The highest BCUT2D eigenvalue weighted by Gasteiger charge is 1.98. The Balaban J connectivity index is 2.55. The predicted octanol–water partition coefficient (Wildman–Crippen LogP) is 1.90. The smallest absolute Gasteiger partial charge is 0.206 e. The van der Waals surface area contributed by atoms with Crippen molar-refractivity contribution in [2.75, 3.05) is 6.54 Å². The summed E-state index contributed by atoms with van der Waals surface area (Å²) in [5, 5.41) is 3.85. The number of hydrogen-bond acceptors (Lipinski definition) is 2. The minimum Gasteiger partial charge on any atom is -0.355 e. The van der Waals surface area contributed by atoms with E-state index in [-0.39, 0.29) is 0 Å². The molecule has 0 aromatic heterocycles. The Morgan fingerprint density at radius 3 is 2.82 bits per heavy atom. The summed E-state index contributed by atoms with van der Waals surface area (Å²) >= 11 is 5.89. The average Bonchev–Trinajstić information content (AvgIpc) is 2.29. The molecule has 0 unspecified atom stereocenters. The van der Waals surface area contributed by atoms with Crippen molar-refractivity contribution in [1.29, 1.82) is 0 Å². The van der Waals surface area contributed by atoms with Crippen molar-refractivity contribution in [1.82, 2.24) is 10.7 Å². The Morgan fingerprint density at radius 1 is 1.47 bits per heavy atom. The van der Waals surface area contributed by atoms with Crippen molar-refractivity contribution in [3.05, 3.63) is 34.9 Å². The summed E-state index contributed by atoms with van der Waals surface area (Å²) in [5.41, 5.74) is 3.60. The minimum absolute atomic E-state index is 0.541. The van der Waals surface area contributed by atoms with E-state index in [9.17, 15) is 0 Å². The SMILES string of the molecule is CC(C)CNC(=NCc1cccc(Cl)c1)NN. The van der Waals surface area contributed by atoms with Crippen molar-refractivity contribution >= 4 is 17.6 Å². The zero-order valence-corrected chi connectivity index (χ0v) is 11.0. The van der Waals surface area contributed by atoms with Gasteiger partial charge in [-0.3, -0.25) is 5.43 Å². The van der Waals surface area contributed by atoms with E-state index in [0.717, 1.165) is 17.1 Å². The molecule has 4 N–H and O–H groups in total. The summed E-state index contributed by atoms with van der Waals surface area (Å²) in [5.74, 6) is 6.52. The monoisotopic (exact) mass is 254 g/mol. The second-order valence-electron chi connectivity index (χ2n) is 4.21. The van der Waals surface area contributed by atoms with Crippen LogP contribution in [0.3, 0.4) is 0 Å². The maximum absolute atomic E-state index is 5.89. The molecule has 17 heavy (non-hydrogen) atoms. The van der Waals surface area contributed by atoms with Gasteiger partial charge in [0.15, 0.2) is 0 Å². The first-order valence-electron chi connectivity index (χ1n) is 5.61. The van der Waals surface area contributed by atoms with E-state index in [2.05, 4.69) is 29.6 Å². The summed E-state index contributed by atoms with van der Waals surface area (Å²) in [6.07, 6.45) is 0. The van der Waals surface area contributed by atoms with Gasteiger partial charge in [-0.1, -0.05) is 37.6 Å². The van der Waals surface area contributed by atoms with Gasteiger partial charge in [-0.25, -0.2) is 10.8 Å². The van der Waals surface area contributed by atoms with Gasteiger partial charge in [-0.15, -0.1) is 0 Å². The number of halogens is 1. The Bertz CT molecular complexity index is 377. The second kappa shape index (κ2) is 7.14. The second-order valence-corrected chi connectivity index (χ2v) is 4.65. The topological polar surface area (TPSA) is 62.4 Å². The Morgan fingerprint density at radius 2 is 2.24 bits per heavy atom. The molecule has 0 aliphatic carbocycles. The lowest BCUT2D eigenvalue weighted by molar-refractivity contribution is 0.615. The van der Waals surface area contributed by atoms with Crippen molar-refractivity contribution in [2.24, 2.45) is 16.8 Å². The van der Waals surface area contributed by atoms with E-state index < -0.39 is 0 Å². The molecule has 0 bridgehead atoms. The molecule has 0 atom stereocenters. The average molecular weight is 255 g/mol. The number of rotatable bonds is 4. The van der Waals surface area contributed by atoms with Gasteiger partial charge in [0.25, 0.3) is 0 Å². The zero-order valence-electron chi connectivity index (χ0n) is 10.2. The molecule has 5 heteroatoms. The number of hydrazine groups is 1. The van der Waals surface area contributed by atoms with Crippen LogP contribution >= 0.6 is 11.6 Å². The highest BCUT2D eigenvalue weighted by atomic mass is 35.5. The lowest BCUT2D eigenvalue weighted by Crippen LogP contribution is -2.42. The summed E-state index contributed by atoms with van der Waals surface area (Å²) in [4.78, 5) is 4.34. The molecule has 0 spiro atoms. The van der Waals surface area contributed by atoms with Crippen molar-refractivity contribution in [3.63, 3.8) is 0 Å². The Kier molecular flexibility index (Phi) is 5.80. The van der Waals surface area contributed by atoms with Crippen LogP contribution < -0.4 is 16.6 Å². The van der Waals surface area contributed by atoms with Gasteiger partial charge in [0.2, 0.25) is 5.96 Å². The third kappa shape index (κ3) is 5.56. The summed E-state index contributed by atoms with van der Waals surface area (Å²) in [7, 11) is 0. The number of guanidine groups is 1. The molecule has 0 radical (unpaired) electrons. The lowest BCUT2D eigenvalue weighted by atomic mass is 10.2. The Labute approximate surface area is 107 Å². The molecule has 0 heterocycles. The fourth-order valence-corrected chi connectivity index (χ4v) is 1.47. The van der Waals surface area contributed by atoms with E-state index in [4.69, 9.17) is 17.4 Å². The third-order valence-corrected chi connectivity index (χ3v) is 2.36. The molecule has 0 saturated carbocycles. The maximum atomic E-state index is 5.89. The van der Waals surface area contributed by atoms with E-state index in [0.29, 0.717) is 18.4 Å².